The van der Waals surface area contributed by atoms with Crippen molar-refractivity contribution in [2.45, 2.75) is 90.7 Å². The molecule has 5 rings (SSSR count). The number of carbonyl (C=O) groups excluding carboxylic acids is 4. The van der Waals surface area contributed by atoms with Gasteiger partial charge in [-0.1, -0.05) is 26.8 Å². The average molecular weight is 644 g/mol. The molecular weight excluding hydrogens is 598 g/mol. The van der Waals surface area contributed by atoms with Crippen LogP contribution in [0.4, 0.5) is 5.82 Å². The summed E-state index contributed by atoms with van der Waals surface area (Å²) in [5.74, 6) is -0.756. The van der Waals surface area contributed by atoms with Gasteiger partial charge in [0, 0.05) is 25.6 Å². The topological polar surface area (TPSA) is 131 Å². The van der Waals surface area contributed by atoms with Gasteiger partial charge >= 0.3 is 5.97 Å². The van der Waals surface area contributed by atoms with E-state index in [1.807, 2.05) is 20.8 Å². The average Bonchev–Trinajstić information content (AvgIpc) is 3.83. The van der Waals surface area contributed by atoms with Crippen molar-refractivity contribution in [1.82, 2.24) is 20.2 Å². The standard InChI is InChI=1S/C33H46ClN5O6/c1-6-21-15-33(21,30(43)35-17-20-11-12-20)16-25(40)24-18-38(26-14-27(44-5)37-31(34)36-26)19-39(24)29(42)23(32(2,3)4)13-28(41)45-22-9-7-8-10-22/h6,14,20-24H,1,7-13,15-19H2,2-5H3,(H,35,43)/t21-,23-,24+,33-/m1/s1. The van der Waals surface area contributed by atoms with Crippen LogP contribution in [0.5, 0.6) is 5.88 Å². The minimum absolute atomic E-state index is 0.0137. The fraction of sp³-hybridized carbons (Fsp3) is 0.697. The highest BCUT2D eigenvalue weighted by Crippen LogP contribution is 2.56. The van der Waals surface area contributed by atoms with Crippen LogP contribution in [0.3, 0.4) is 0 Å². The van der Waals surface area contributed by atoms with Gasteiger partial charge in [-0.2, -0.15) is 4.98 Å². The van der Waals surface area contributed by atoms with Gasteiger partial charge in [0.1, 0.15) is 18.0 Å². The highest BCUT2D eigenvalue weighted by atomic mass is 35.5. The summed E-state index contributed by atoms with van der Waals surface area (Å²) in [6.07, 6.45) is 8.01. The number of halogens is 1. The molecule has 1 aliphatic heterocycles. The van der Waals surface area contributed by atoms with E-state index in [9.17, 15) is 19.2 Å². The van der Waals surface area contributed by atoms with E-state index in [1.54, 1.807) is 17.0 Å². The summed E-state index contributed by atoms with van der Waals surface area (Å²) < 4.78 is 11.0. The summed E-state index contributed by atoms with van der Waals surface area (Å²) in [6, 6.07) is 0.732. The first-order chi connectivity index (χ1) is 21.3. The zero-order chi connectivity index (χ0) is 32.5. The van der Waals surface area contributed by atoms with E-state index in [-0.39, 0.29) is 66.8 Å². The Morgan fingerprint density at radius 1 is 1.18 bits per heavy atom. The van der Waals surface area contributed by atoms with Crippen LogP contribution < -0.4 is 15.0 Å². The lowest BCUT2D eigenvalue weighted by Crippen LogP contribution is -2.49. The lowest BCUT2D eigenvalue weighted by Gasteiger charge is -2.34. The van der Waals surface area contributed by atoms with Crippen LogP contribution in [0.25, 0.3) is 0 Å². The molecule has 0 aromatic carbocycles. The van der Waals surface area contributed by atoms with Crippen molar-refractivity contribution in [2.24, 2.45) is 28.6 Å². The molecular formula is C33H46ClN5O6. The molecule has 12 heteroatoms. The molecule has 246 valence electrons. The summed E-state index contributed by atoms with van der Waals surface area (Å²) in [4.78, 5) is 66.8. The van der Waals surface area contributed by atoms with Gasteiger partial charge in [0.2, 0.25) is 23.0 Å². The molecule has 3 aliphatic carbocycles. The number of anilines is 1. The Hall–Kier alpha value is -3.21. The Morgan fingerprint density at radius 2 is 1.89 bits per heavy atom. The van der Waals surface area contributed by atoms with Crippen molar-refractivity contribution in [3.63, 3.8) is 0 Å². The predicted molar refractivity (Wildman–Crippen MR) is 168 cm³/mol. The third kappa shape index (κ3) is 7.61. The molecule has 4 aliphatic rings. The van der Waals surface area contributed by atoms with Gasteiger partial charge in [-0.05, 0) is 73.8 Å². The number of hydrogen-bond acceptors (Lipinski definition) is 9. The normalized spacial score (nSPS) is 25.5. The number of hydrogen-bond donors (Lipinski definition) is 1. The van der Waals surface area contributed by atoms with Crippen LogP contribution in [0.1, 0.15) is 78.6 Å². The first-order valence-corrected chi connectivity index (χ1v) is 16.5. The molecule has 1 aromatic heterocycles. The second kappa shape index (κ2) is 13.3. The van der Waals surface area contributed by atoms with E-state index in [0.29, 0.717) is 24.7 Å². The Bertz CT molecular complexity index is 1320. The maximum Gasteiger partial charge on any atom is 0.306 e. The second-order valence-corrected chi connectivity index (χ2v) is 14.6. The summed E-state index contributed by atoms with van der Waals surface area (Å²) in [6.45, 7) is 10.4. The number of amides is 2. The molecule has 1 N–H and O–H groups in total. The molecule has 3 saturated carbocycles. The lowest BCUT2D eigenvalue weighted by molar-refractivity contribution is -0.156. The van der Waals surface area contributed by atoms with E-state index in [2.05, 4.69) is 21.9 Å². The Labute approximate surface area is 270 Å². The van der Waals surface area contributed by atoms with Gasteiger partial charge in [-0.15, -0.1) is 6.58 Å². The maximum absolute atomic E-state index is 14.4. The SMILES string of the molecule is C=C[C@@H]1C[C@]1(CC(=O)[C@@H]1CN(c2cc(OC)nc(Cl)n2)CN1C(=O)[C@@H](CC(=O)OC1CCCC1)C(C)(C)C)C(=O)NCC1CC1. The van der Waals surface area contributed by atoms with Crippen molar-refractivity contribution < 1.29 is 28.7 Å². The van der Waals surface area contributed by atoms with Gasteiger partial charge in [-0.25, -0.2) is 4.98 Å². The van der Waals surface area contributed by atoms with Crippen molar-refractivity contribution in [2.75, 3.05) is 31.8 Å². The molecule has 1 aromatic rings. The number of rotatable bonds is 13. The number of ether oxygens (including phenoxy) is 2. The molecule has 1 saturated heterocycles. The zero-order valence-electron chi connectivity index (χ0n) is 26.9. The zero-order valence-corrected chi connectivity index (χ0v) is 27.6. The van der Waals surface area contributed by atoms with Gasteiger partial charge in [0.25, 0.3) is 0 Å². The van der Waals surface area contributed by atoms with Crippen LogP contribution in [0.15, 0.2) is 18.7 Å². The number of ketones is 1. The lowest BCUT2D eigenvalue weighted by atomic mass is 9.77. The fourth-order valence-electron chi connectivity index (χ4n) is 6.69. The fourth-order valence-corrected chi connectivity index (χ4v) is 6.86. The number of methoxy groups -OCH3 is 1. The predicted octanol–water partition coefficient (Wildman–Crippen LogP) is 4.33. The number of Topliss-reactive ketones (excluding diaryl/α,β-unsaturated/α-hetero) is 1. The van der Waals surface area contributed by atoms with Crippen molar-refractivity contribution in [3.8, 4) is 5.88 Å². The molecule has 2 amide bonds. The molecule has 2 heterocycles. The second-order valence-electron chi connectivity index (χ2n) is 14.2. The largest absolute Gasteiger partial charge is 0.481 e. The quantitative estimate of drug-likeness (QED) is 0.190. The van der Waals surface area contributed by atoms with Gasteiger partial charge in [-0.3, -0.25) is 19.2 Å². The van der Waals surface area contributed by atoms with Gasteiger partial charge in [0.15, 0.2) is 5.78 Å². The third-order valence-electron chi connectivity index (χ3n) is 9.87. The van der Waals surface area contributed by atoms with E-state index >= 15 is 0 Å². The monoisotopic (exact) mass is 643 g/mol. The minimum Gasteiger partial charge on any atom is -0.481 e. The number of esters is 1. The molecule has 0 spiro atoms. The van der Waals surface area contributed by atoms with Crippen molar-refractivity contribution in [3.05, 3.63) is 24.0 Å². The molecule has 0 radical (unpaired) electrons. The van der Waals surface area contributed by atoms with E-state index in [4.69, 9.17) is 21.1 Å². The van der Waals surface area contributed by atoms with Crippen LogP contribution in [0.2, 0.25) is 5.28 Å². The number of nitrogens with one attached hydrogen (secondary N) is 1. The molecule has 0 unspecified atom stereocenters. The molecule has 4 atom stereocenters. The first-order valence-electron chi connectivity index (χ1n) is 16.1. The summed E-state index contributed by atoms with van der Waals surface area (Å²) in [7, 11) is 1.46. The van der Waals surface area contributed by atoms with Gasteiger partial charge in [0.05, 0.1) is 31.5 Å². The number of carbonyl (C=O) groups is 4. The van der Waals surface area contributed by atoms with Crippen LogP contribution in [0, 0.1) is 28.6 Å². The molecule has 4 fully saturated rings. The van der Waals surface area contributed by atoms with Crippen LogP contribution >= 0.6 is 11.6 Å². The summed E-state index contributed by atoms with van der Waals surface area (Å²) >= 11 is 6.18. The smallest absolute Gasteiger partial charge is 0.306 e. The maximum atomic E-state index is 14.4. The summed E-state index contributed by atoms with van der Waals surface area (Å²) in [5, 5.41) is 3.03. The number of aromatic nitrogens is 2. The van der Waals surface area contributed by atoms with Crippen LogP contribution in [-0.2, 0) is 23.9 Å². The highest BCUT2D eigenvalue weighted by molar-refractivity contribution is 6.28. The minimum atomic E-state index is -0.869. The number of allylic oxidation sites excluding steroid dienone is 1. The number of nitrogens with zero attached hydrogens (tertiary/aromatic N) is 4. The first kappa shape index (κ1) is 33.2. The van der Waals surface area contributed by atoms with E-state index in [0.717, 1.165) is 38.5 Å². The van der Waals surface area contributed by atoms with E-state index in [1.165, 1.54) is 12.0 Å². The Morgan fingerprint density at radius 3 is 2.49 bits per heavy atom. The molecule has 45 heavy (non-hydrogen) atoms. The highest BCUT2D eigenvalue weighted by Gasteiger charge is 2.60. The van der Waals surface area contributed by atoms with Crippen LogP contribution in [-0.4, -0.2) is 77.4 Å². The van der Waals surface area contributed by atoms with Crippen molar-refractivity contribution >= 4 is 41.0 Å². The molecule has 11 nitrogen and oxygen atoms in total. The Kier molecular flexibility index (Phi) is 9.77. The van der Waals surface area contributed by atoms with Crippen molar-refractivity contribution in [1.29, 1.82) is 0 Å². The van der Waals surface area contributed by atoms with Gasteiger partial charge < -0.3 is 24.6 Å². The Balaban J connectivity index is 1.40. The molecule has 0 bridgehead atoms. The summed E-state index contributed by atoms with van der Waals surface area (Å²) in [5.41, 5.74) is -1.46. The van der Waals surface area contributed by atoms with E-state index < -0.39 is 28.8 Å². The third-order valence-corrected chi connectivity index (χ3v) is 10.0.